The number of para-hydroxylation sites is 1. The van der Waals surface area contributed by atoms with Crippen LogP contribution in [0.1, 0.15) is 12.8 Å². The molecule has 1 heterocycles. The van der Waals surface area contributed by atoms with Gasteiger partial charge in [0.2, 0.25) is 15.9 Å². The average Bonchev–Trinajstić information content (AvgIpc) is 2.75. The molecule has 1 aliphatic rings. The maximum absolute atomic E-state index is 13.9. The van der Waals surface area contributed by atoms with Gasteiger partial charge in [0.1, 0.15) is 28.9 Å². The van der Waals surface area contributed by atoms with Gasteiger partial charge in [-0.15, -0.1) is 0 Å². The molecule has 1 aliphatic heterocycles. The molecule has 0 aliphatic carbocycles. The summed E-state index contributed by atoms with van der Waals surface area (Å²) in [6.45, 7) is 0.894. The molecule has 1 amide bonds. The lowest BCUT2D eigenvalue weighted by atomic mass is 9.97. The fourth-order valence-electron chi connectivity index (χ4n) is 3.40. The van der Waals surface area contributed by atoms with E-state index in [0.717, 1.165) is 22.2 Å². The molecule has 0 aromatic heterocycles. The number of carbonyl (C=O) groups is 1. The normalized spacial score (nSPS) is 15.7. The van der Waals surface area contributed by atoms with Gasteiger partial charge >= 0.3 is 0 Å². The summed E-state index contributed by atoms with van der Waals surface area (Å²) in [7, 11) is -2.47. The fraction of sp³-hybridized carbons (Fsp3) is 0.381. The molecular weight excluding hydrogens is 414 g/mol. The SMILES string of the molecule is CN(CCOc1ccccc1)C(=O)C1CCN(S(=O)(=O)c2cc(F)ccc2F)CC1. The van der Waals surface area contributed by atoms with Gasteiger partial charge in [-0.2, -0.15) is 4.31 Å². The zero-order valence-electron chi connectivity index (χ0n) is 16.6. The Morgan fingerprint density at radius 1 is 1.13 bits per heavy atom. The van der Waals surface area contributed by atoms with E-state index in [2.05, 4.69) is 0 Å². The number of hydrogen-bond acceptors (Lipinski definition) is 4. The number of halogens is 2. The first-order chi connectivity index (χ1) is 14.3. The van der Waals surface area contributed by atoms with Gasteiger partial charge in [0.05, 0.1) is 6.54 Å². The van der Waals surface area contributed by atoms with Crippen molar-refractivity contribution in [3.8, 4) is 5.75 Å². The Kier molecular flexibility index (Phi) is 7.04. The Hall–Kier alpha value is -2.52. The number of likely N-dealkylation sites (N-methyl/N-ethyl adjacent to an activating group) is 1. The number of carbonyl (C=O) groups excluding carboxylic acids is 1. The highest BCUT2D eigenvalue weighted by molar-refractivity contribution is 7.89. The lowest BCUT2D eigenvalue weighted by molar-refractivity contribution is -0.135. The lowest BCUT2D eigenvalue weighted by Gasteiger charge is -2.32. The van der Waals surface area contributed by atoms with Gasteiger partial charge < -0.3 is 9.64 Å². The van der Waals surface area contributed by atoms with Gasteiger partial charge in [0, 0.05) is 26.1 Å². The van der Waals surface area contributed by atoms with Gasteiger partial charge in [-0.1, -0.05) is 18.2 Å². The number of amides is 1. The van der Waals surface area contributed by atoms with Crippen molar-refractivity contribution in [1.29, 1.82) is 0 Å². The number of ether oxygens (including phenoxy) is 1. The van der Waals surface area contributed by atoms with Crippen LogP contribution in [-0.4, -0.2) is 56.8 Å². The first kappa shape index (κ1) is 22.2. The maximum atomic E-state index is 13.9. The Balaban J connectivity index is 1.53. The van der Waals surface area contributed by atoms with Crippen molar-refractivity contribution in [2.45, 2.75) is 17.7 Å². The van der Waals surface area contributed by atoms with Gasteiger partial charge in [0.25, 0.3) is 0 Å². The molecule has 30 heavy (non-hydrogen) atoms. The minimum absolute atomic E-state index is 0.0725. The van der Waals surface area contributed by atoms with Crippen molar-refractivity contribution in [1.82, 2.24) is 9.21 Å². The second-order valence-electron chi connectivity index (χ2n) is 7.17. The van der Waals surface area contributed by atoms with Gasteiger partial charge in [0.15, 0.2) is 0 Å². The third-order valence-corrected chi connectivity index (χ3v) is 7.04. The third-order valence-electron chi connectivity index (χ3n) is 5.13. The second-order valence-corrected chi connectivity index (χ2v) is 9.08. The van der Waals surface area contributed by atoms with Crippen molar-refractivity contribution in [2.75, 3.05) is 33.3 Å². The van der Waals surface area contributed by atoms with Crippen molar-refractivity contribution >= 4 is 15.9 Å². The predicted octanol–water partition coefficient (Wildman–Crippen LogP) is 2.90. The van der Waals surface area contributed by atoms with E-state index < -0.39 is 26.6 Å². The fourth-order valence-corrected chi connectivity index (χ4v) is 4.94. The van der Waals surface area contributed by atoms with Crippen molar-refractivity contribution in [3.05, 3.63) is 60.2 Å². The van der Waals surface area contributed by atoms with Crippen molar-refractivity contribution in [3.63, 3.8) is 0 Å². The van der Waals surface area contributed by atoms with Crippen molar-refractivity contribution in [2.24, 2.45) is 5.92 Å². The Morgan fingerprint density at radius 2 is 1.80 bits per heavy atom. The number of rotatable bonds is 7. The molecule has 2 aromatic carbocycles. The summed E-state index contributed by atoms with van der Waals surface area (Å²) < 4.78 is 59.3. The molecule has 0 spiro atoms. The van der Waals surface area contributed by atoms with E-state index in [9.17, 15) is 22.0 Å². The maximum Gasteiger partial charge on any atom is 0.246 e. The topological polar surface area (TPSA) is 66.9 Å². The monoisotopic (exact) mass is 438 g/mol. The van der Waals surface area contributed by atoms with E-state index >= 15 is 0 Å². The van der Waals surface area contributed by atoms with Crippen LogP contribution in [0.4, 0.5) is 8.78 Å². The smallest absolute Gasteiger partial charge is 0.246 e. The van der Waals surface area contributed by atoms with E-state index in [0.29, 0.717) is 32.1 Å². The molecule has 2 aromatic rings. The Bertz CT molecular complexity index is 978. The first-order valence-corrected chi connectivity index (χ1v) is 11.1. The Labute approximate surface area is 175 Å². The summed E-state index contributed by atoms with van der Waals surface area (Å²) in [5.74, 6) is -1.50. The molecule has 0 bridgehead atoms. The second kappa shape index (κ2) is 9.53. The van der Waals surface area contributed by atoms with Crippen LogP contribution in [0.25, 0.3) is 0 Å². The van der Waals surface area contributed by atoms with Gasteiger partial charge in [-0.25, -0.2) is 17.2 Å². The molecular formula is C21H24F2N2O4S. The predicted molar refractivity (Wildman–Crippen MR) is 107 cm³/mol. The zero-order chi connectivity index (χ0) is 21.7. The molecule has 1 saturated heterocycles. The summed E-state index contributed by atoms with van der Waals surface area (Å²) in [4.78, 5) is 13.6. The molecule has 6 nitrogen and oxygen atoms in total. The summed E-state index contributed by atoms with van der Waals surface area (Å²) in [6, 6.07) is 11.6. The molecule has 0 atom stereocenters. The molecule has 3 rings (SSSR count). The highest BCUT2D eigenvalue weighted by Crippen LogP contribution is 2.26. The van der Waals surface area contributed by atoms with E-state index in [1.54, 1.807) is 11.9 Å². The molecule has 0 N–H and O–H groups in total. The van der Waals surface area contributed by atoms with Crippen molar-refractivity contribution < 1.29 is 26.7 Å². The third kappa shape index (κ3) is 5.14. The summed E-state index contributed by atoms with van der Waals surface area (Å²) in [5.41, 5.74) is 0. The van der Waals surface area contributed by atoms with Crippen LogP contribution in [0.5, 0.6) is 5.75 Å². The Morgan fingerprint density at radius 3 is 2.47 bits per heavy atom. The lowest BCUT2D eigenvalue weighted by Crippen LogP contribution is -2.44. The van der Waals surface area contributed by atoms with E-state index in [4.69, 9.17) is 4.74 Å². The standard InChI is InChI=1S/C21H24F2N2O4S/c1-24(13-14-29-18-5-3-2-4-6-18)21(26)16-9-11-25(12-10-16)30(27,28)20-15-17(22)7-8-19(20)23/h2-8,15-16H,9-14H2,1H3. The number of hydrogen-bond donors (Lipinski definition) is 0. The van der Waals surface area contributed by atoms with Crippen LogP contribution in [0.2, 0.25) is 0 Å². The largest absolute Gasteiger partial charge is 0.492 e. The molecule has 0 radical (unpaired) electrons. The number of nitrogens with zero attached hydrogens (tertiary/aromatic N) is 2. The molecule has 0 saturated carbocycles. The molecule has 0 unspecified atom stereocenters. The summed E-state index contributed by atoms with van der Waals surface area (Å²) in [6.07, 6.45) is 0.637. The quantitative estimate of drug-likeness (QED) is 0.667. The molecule has 9 heteroatoms. The highest BCUT2D eigenvalue weighted by atomic mass is 32.2. The van der Waals surface area contributed by atoms with Crippen LogP contribution in [0, 0.1) is 17.6 Å². The minimum Gasteiger partial charge on any atom is -0.492 e. The molecule has 1 fully saturated rings. The highest BCUT2D eigenvalue weighted by Gasteiger charge is 2.34. The van der Waals surface area contributed by atoms with Crippen LogP contribution in [0.3, 0.4) is 0 Å². The van der Waals surface area contributed by atoms with E-state index in [1.165, 1.54) is 0 Å². The zero-order valence-corrected chi connectivity index (χ0v) is 17.4. The van der Waals surface area contributed by atoms with E-state index in [1.807, 2.05) is 30.3 Å². The minimum atomic E-state index is -4.16. The van der Waals surface area contributed by atoms with Crippen LogP contribution < -0.4 is 4.74 Å². The van der Waals surface area contributed by atoms with E-state index in [-0.39, 0.29) is 24.9 Å². The molecule has 162 valence electrons. The first-order valence-electron chi connectivity index (χ1n) is 9.67. The summed E-state index contributed by atoms with van der Waals surface area (Å²) >= 11 is 0. The average molecular weight is 438 g/mol. The van der Waals surface area contributed by atoms with Crippen LogP contribution in [-0.2, 0) is 14.8 Å². The summed E-state index contributed by atoms with van der Waals surface area (Å²) in [5, 5.41) is 0. The number of benzene rings is 2. The number of piperidine rings is 1. The van der Waals surface area contributed by atoms with Gasteiger partial charge in [-0.05, 0) is 43.2 Å². The van der Waals surface area contributed by atoms with Crippen LogP contribution in [0.15, 0.2) is 53.4 Å². The van der Waals surface area contributed by atoms with Crippen LogP contribution >= 0.6 is 0 Å². The number of sulfonamides is 1. The van der Waals surface area contributed by atoms with Gasteiger partial charge in [-0.3, -0.25) is 4.79 Å².